The molecular weight excluding hydrogens is 1310 g/mol. The molecule has 0 unspecified atom stereocenters. The summed E-state index contributed by atoms with van der Waals surface area (Å²) < 4.78 is 0. The zero-order valence-corrected chi connectivity index (χ0v) is 60.3. The van der Waals surface area contributed by atoms with Crippen LogP contribution in [0.1, 0.15) is 89.5 Å². The molecule has 0 atom stereocenters. The fourth-order valence-corrected chi connectivity index (χ4v) is 22.8. The predicted octanol–water partition coefficient (Wildman–Crippen LogP) is 21.5. The lowest BCUT2D eigenvalue weighted by Gasteiger charge is -2.40. The molecule has 18 rings (SSSR count). The van der Waals surface area contributed by atoms with Crippen molar-refractivity contribution in [1.82, 2.24) is 9.97 Å². The zero-order chi connectivity index (χ0) is 71.5. The molecule has 0 amide bonds. The highest BCUT2D eigenvalue weighted by Crippen LogP contribution is 2.54. The van der Waals surface area contributed by atoms with Gasteiger partial charge >= 0.3 is 0 Å². The molecule has 1 aromatic heterocycles. The fraction of sp³-hybridized carbons (Fsp3) is 0.0385. The minimum Gasteiger partial charge on any atom is -0.232 e. The van der Waals surface area contributed by atoms with Crippen LogP contribution in [0.4, 0.5) is 0 Å². The number of rotatable bonds is 19. The van der Waals surface area contributed by atoms with E-state index in [4.69, 9.17) is 9.97 Å². The fourth-order valence-electron chi connectivity index (χ4n) is 18.0. The highest BCUT2D eigenvalue weighted by Gasteiger charge is 2.47. The Balaban J connectivity index is 1.03. The molecule has 0 bridgehead atoms. The number of hydrogen-bond donors (Lipinski definition) is 0. The van der Waals surface area contributed by atoms with E-state index in [-0.39, 0.29) is 5.92 Å². The number of aromatic nitrogens is 2. The number of fused-ring (bicyclic) bond motifs is 3. The number of nitrogens with zero attached hydrogens (tertiary/aromatic N) is 2. The Morgan fingerprint density at radius 3 is 0.748 bits per heavy atom. The molecule has 0 saturated carbocycles. The van der Waals surface area contributed by atoms with E-state index in [0.717, 1.165) is 89.3 Å². The first-order valence-electron chi connectivity index (χ1n) is 37.1. The smallest absolute Gasteiger partial charge is 0.179 e. The lowest BCUT2D eigenvalue weighted by atomic mass is 9.61. The van der Waals surface area contributed by atoms with Gasteiger partial charge in [0.05, 0.1) is 33.6 Å². The maximum Gasteiger partial charge on any atom is 0.179 e. The van der Waals surface area contributed by atoms with Gasteiger partial charge in [0.2, 0.25) is 0 Å². The quantitative estimate of drug-likeness (QED) is 0.0596. The molecule has 0 saturated heterocycles. The van der Waals surface area contributed by atoms with Crippen LogP contribution in [0.15, 0.2) is 455 Å². The first kappa shape index (κ1) is 65.8. The Hall–Kier alpha value is -13.2. The van der Waals surface area contributed by atoms with Gasteiger partial charge in [-0.15, -0.1) is 0 Å². The lowest BCUT2D eigenvalue weighted by molar-refractivity contribution is 0.718. The highest BCUT2D eigenvalue weighted by molar-refractivity contribution is 7.20. The van der Waals surface area contributed by atoms with Crippen molar-refractivity contribution >= 4 is 28.8 Å². The topological polar surface area (TPSA) is 25.8 Å². The summed E-state index contributed by atoms with van der Waals surface area (Å²) in [6.07, 6.45) is 0. The van der Waals surface area contributed by atoms with Gasteiger partial charge in [-0.05, 0) is 134 Å². The van der Waals surface area contributed by atoms with E-state index in [1.54, 1.807) is 0 Å². The first-order chi connectivity index (χ1) is 53.1. The van der Waals surface area contributed by atoms with Crippen LogP contribution >= 0.6 is 0 Å². The summed E-state index contributed by atoms with van der Waals surface area (Å²) in [5.41, 5.74) is 19.2. The maximum atomic E-state index is 6.33. The molecule has 2 nitrogen and oxygen atoms in total. The third-order valence-electron chi connectivity index (χ3n) is 22.5. The van der Waals surface area contributed by atoms with Gasteiger partial charge in [-0.25, -0.2) is 9.97 Å². The minimum absolute atomic E-state index is 0.259. The van der Waals surface area contributed by atoms with Crippen molar-refractivity contribution in [3.8, 4) is 33.8 Å². The summed E-state index contributed by atoms with van der Waals surface area (Å²) in [6.45, 7) is 0. The lowest BCUT2D eigenvalue weighted by Crippen LogP contribution is -2.74. The van der Waals surface area contributed by atoms with Crippen LogP contribution in [0, 0.1) is 0 Å². The molecule has 3 heteroatoms. The Morgan fingerprint density at radius 1 is 0.196 bits per heavy atom. The second-order valence-electron chi connectivity index (χ2n) is 28.1. The highest BCUT2D eigenvalue weighted by atomic mass is 28.3. The molecule has 16 aromatic carbocycles. The normalized spacial score (nSPS) is 12.3. The summed E-state index contributed by atoms with van der Waals surface area (Å²) in [5.74, 6) is 0.351. The van der Waals surface area contributed by atoms with Crippen molar-refractivity contribution in [3.63, 3.8) is 0 Å². The Bertz CT molecular complexity index is 4850. The Labute approximate surface area is 629 Å². The van der Waals surface area contributed by atoms with Crippen LogP contribution in [-0.2, 0) is 16.2 Å². The molecule has 1 heterocycles. The standard InChI is InChI=1S/C104H76N2Si/c1-13-41-78(42-14-1)102(79-43-15-2-16-44-79,80-45-17-3-18-46-80)87-70-77(71-88(73-87)103(81-47-19-4-20-48-81,82-49-21-5-22-50-82)83-51-23-6-24-52-83)101-105-98(75-99(106-101)100-96-67-39-37-65-94(96)95-66-38-40-68-97(95)100)76-69-89(104(84-53-25-7-26-54-84,85-55-27-8-28-56-85)86-57-29-9-30-58-86)74-93(72-76)107(90-59-31-10-32-60-90,91-61-33-11-34-62-91)92-63-35-12-36-64-92/h1-75,100H. The molecule has 17 aromatic rings. The van der Waals surface area contributed by atoms with E-state index in [9.17, 15) is 0 Å². The average Bonchev–Trinajstić information content (AvgIpc) is 1.38. The largest absolute Gasteiger partial charge is 0.232 e. The van der Waals surface area contributed by atoms with E-state index in [2.05, 4.69) is 455 Å². The second-order valence-corrected chi connectivity index (χ2v) is 31.9. The van der Waals surface area contributed by atoms with Crippen molar-refractivity contribution in [2.24, 2.45) is 0 Å². The van der Waals surface area contributed by atoms with E-state index in [1.807, 2.05) is 0 Å². The molecule has 506 valence electrons. The van der Waals surface area contributed by atoms with Crippen LogP contribution in [0.25, 0.3) is 33.8 Å². The molecule has 1 aliphatic carbocycles. The molecule has 0 aliphatic heterocycles. The predicted molar refractivity (Wildman–Crippen MR) is 444 cm³/mol. The summed E-state index contributed by atoms with van der Waals surface area (Å²) in [6, 6.07) is 170. The van der Waals surface area contributed by atoms with Gasteiger partial charge in [-0.3, -0.25) is 0 Å². The van der Waals surface area contributed by atoms with Gasteiger partial charge in [-0.2, -0.15) is 0 Å². The Morgan fingerprint density at radius 2 is 0.449 bits per heavy atom. The van der Waals surface area contributed by atoms with E-state index in [0.29, 0.717) is 5.82 Å². The molecule has 0 spiro atoms. The minimum atomic E-state index is -3.38. The van der Waals surface area contributed by atoms with Crippen LogP contribution in [-0.4, -0.2) is 18.0 Å². The number of benzene rings is 16. The van der Waals surface area contributed by atoms with E-state index < -0.39 is 24.3 Å². The van der Waals surface area contributed by atoms with Crippen LogP contribution in [0.2, 0.25) is 0 Å². The molecule has 0 radical (unpaired) electrons. The van der Waals surface area contributed by atoms with Crippen molar-refractivity contribution in [2.75, 3.05) is 0 Å². The van der Waals surface area contributed by atoms with Gasteiger partial charge in [0.1, 0.15) is 0 Å². The van der Waals surface area contributed by atoms with Gasteiger partial charge in [0, 0.05) is 11.1 Å². The molecule has 0 fully saturated rings. The summed E-state index contributed by atoms with van der Waals surface area (Å²) in [5, 5.41) is 5.04. The molecular formula is C104H76N2Si. The van der Waals surface area contributed by atoms with Crippen molar-refractivity contribution in [1.29, 1.82) is 0 Å². The van der Waals surface area contributed by atoms with Gasteiger partial charge < -0.3 is 0 Å². The molecule has 0 N–H and O–H groups in total. The third-order valence-corrected chi connectivity index (χ3v) is 27.3. The van der Waals surface area contributed by atoms with Gasteiger partial charge in [0.15, 0.2) is 13.9 Å². The van der Waals surface area contributed by atoms with Crippen LogP contribution in [0.3, 0.4) is 0 Å². The van der Waals surface area contributed by atoms with Gasteiger partial charge in [0.25, 0.3) is 0 Å². The Kier molecular flexibility index (Phi) is 17.5. The summed E-state index contributed by atoms with van der Waals surface area (Å²) in [7, 11) is -3.38. The van der Waals surface area contributed by atoms with E-state index >= 15 is 0 Å². The van der Waals surface area contributed by atoms with Crippen molar-refractivity contribution in [2.45, 2.75) is 22.2 Å². The average molecular weight is 1380 g/mol. The number of hydrogen-bond acceptors (Lipinski definition) is 2. The molecule has 107 heavy (non-hydrogen) atoms. The SMILES string of the molecule is c1ccc(C(c2ccccc2)(c2ccccc2)c2cc(-c3nc(-c4cc(C(c5ccccc5)(c5ccccc5)c5ccccc5)cc([Si](c5ccccc5)(c5ccccc5)c5ccccc5)c4)cc(C4c5ccccc5-c5ccccc54)n3)cc(C(c3ccccc3)(c3ccccc3)c3ccccc3)c2)cc1. The van der Waals surface area contributed by atoms with Gasteiger partial charge in [-0.1, -0.05) is 431 Å². The first-order valence-corrected chi connectivity index (χ1v) is 39.1. The van der Waals surface area contributed by atoms with Crippen molar-refractivity contribution < 1.29 is 0 Å². The third kappa shape index (κ3) is 11.3. The van der Waals surface area contributed by atoms with Crippen LogP contribution < -0.4 is 20.7 Å². The summed E-state index contributed by atoms with van der Waals surface area (Å²) in [4.78, 5) is 12.5. The van der Waals surface area contributed by atoms with Crippen LogP contribution in [0.5, 0.6) is 0 Å². The van der Waals surface area contributed by atoms with E-state index in [1.165, 1.54) is 43.0 Å². The molecule has 1 aliphatic rings. The monoisotopic (exact) mass is 1380 g/mol. The summed E-state index contributed by atoms with van der Waals surface area (Å²) >= 11 is 0. The zero-order valence-electron chi connectivity index (χ0n) is 59.3. The maximum absolute atomic E-state index is 6.33. The second kappa shape index (κ2) is 28.5. The van der Waals surface area contributed by atoms with Crippen molar-refractivity contribution in [3.05, 3.63) is 539 Å².